The number of nitrogens with one attached hydrogen (secondary N) is 2. The van der Waals surface area contributed by atoms with Crippen LogP contribution in [-0.4, -0.2) is 73.7 Å². The van der Waals surface area contributed by atoms with Gasteiger partial charge >= 0.3 is 0 Å². The number of rotatable bonds is 11. The summed E-state index contributed by atoms with van der Waals surface area (Å²) >= 11 is 0. The van der Waals surface area contributed by atoms with Crippen LogP contribution in [-0.2, 0) is 6.54 Å². The van der Waals surface area contributed by atoms with Crippen LogP contribution in [0.5, 0.6) is 5.75 Å². The Hall–Kier alpha value is -1.06. The van der Waals surface area contributed by atoms with Gasteiger partial charge in [0.2, 0.25) is 0 Å². The Morgan fingerprint density at radius 1 is 1.16 bits per heavy atom. The summed E-state index contributed by atoms with van der Waals surface area (Å²) in [5.41, 5.74) is 1.13. The Kier molecular flexibility index (Phi) is 14.2. The van der Waals surface area contributed by atoms with Crippen molar-refractivity contribution in [2.45, 2.75) is 66.1 Å². The molecule has 178 valence electrons. The van der Waals surface area contributed by atoms with E-state index in [-0.39, 0.29) is 24.0 Å². The van der Waals surface area contributed by atoms with E-state index in [9.17, 15) is 0 Å². The third kappa shape index (κ3) is 9.95. The van der Waals surface area contributed by atoms with E-state index in [1.165, 1.54) is 0 Å². The zero-order valence-electron chi connectivity index (χ0n) is 20.2. The number of likely N-dealkylation sites (N-methyl/N-ethyl adjacent to an activating group) is 1. The Morgan fingerprint density at radius 3 is 2.45 bits per heavy atom. The van der Waals surface area contributed by atoms with E-state index in [2.05, 4.69) is 73.3 Å². The molecular weight excluding hydrogens is 501 g/mol. The number of halogens is 1. The minimum Gasteiger partial charge on any atom is -0.492 e. The number of piperidine rings is 1. The van der Waals surface area contributed by atoms with Crippen molar-refractivity contribution in [3.05, 3.63) is 29.8 Å². The molecule has 0 spiro atoms. The second kappa shape index (κ2) is 15.7. The summed E-state index contributed by atoms with van der Waals surface area (Å²) in [5, 5.41) is 7.05. The van der Waals surface area contributed by atoms with E-state index in [0.717, 1.165) is 69.4 Å². The van der Waals surface area contributed by atoms with Crippen LogP contribution in [0.15, 0.2) is 29.3 Å². The van der Waals surface area contributed by atoms with Gasteiger partial charge in [-0.15, -0.1) is 24.0 Å². The van der Waals surface area contributed by atoms with Crippen LogP contribution in [0.2, 0.25) is 0 Å². The van der Waals surface area contributed by atoms with Crippen LogP contribution in [0.4, 0.5) is 0 Å². The summed E-state index contributed by atoms with van der Waals surface area (Å²) in [6.45, 7) is 18.6. The van der Waals surface area contributed by atoms with Crippen LogP contribution < -0.4 is 15.4 Å². The fraction of sp³-hybridized carbons (Fsp3) is 0.708. The second-order valence-electron chi connectivity index (χ2n) is 8.23. The molecule has 2 rings (SSSR count). The van der Waals surface area contributed by atoms with Gasteiger partial charge < -0.3 is 25.2 Å². The Morgan fingerprint density at radius 2 is 1.84 bits per heavy atom. The average molecular weight is 546 g/mol. The summed E-state index contributed by atoms with van der Waals surface area (Å²) in [4.78, 5) is 9.78. The molecule has 1 aromatic rings. The summed E-state index contributed by atoms with van der Waals surface area (Å²) in [5.74, 6) is 1.84. The van der Waals surface area contributed by atoms with Crippen molar-refractivity contribution >= 4 is 29.9 Å². The number of aliphatic imine (C=N–C) groups is 1. The lowest BCUT2D eigenvalue weighted by molar-refractivity contribution is 0.167. The molecule has 1 aromatic carbocycles. The van der Waals surface area contributed by atoms with Crippen LogP contribution in [0, 0.1) is 0 Å². The maximum Gasteiger partial charge on any atom is 0.191 e. The van der Waals surface area contributed by atoms with Crippen molar-refractivity contribution in [3.8, 4) is 5.75 Å². The molecule has 0 aliphatic carbocycles. The molecule has 0 bridgehead atoms. The van der Waals surface area contributed by atoms with Crippen LogP contribution >= 0.6 is 24.0 Å². The lowest BCUT2D eigenvalue weighted by atomic mass is 10.0. The van der Waals surface area contributed by atoms with E-state index in [1.807, 2.05) is 6.07 Å². The maximum atomic E-state index is 6.09. The highest BCUT2D eigenvalue weighted by Gasteiger charge is 2.21. The van der Waals surface area contributed by atoms with Crippen LogP contribution in [0.3, 0.4) is 0 Å². The Labute approximate surface area is 207 Å². The minimum atomic E-state index is 0. The molecule has 0 amide bonds. The van der Waals surface area contributed by atoms with Crippen molar-refractivity contribution in [2.24, 2.45) is 4.99 Å². The van der Waals surface area contributed by atoms with Gasteiger partial charge in [-0.1, -0.05) is 32.0 Å². The van der Waals surface area contributed by atoms with Gasteiger partial charge in [0.1, 0.15) is 12.4 Å². The lowest BCUT2D eigenvalue weighted by Crippen LogP contribution is -2.49. The number of likely N-dealkylation sites (tertiary alicyclic amines) is 1. The van der Waals surface area contributed by atoms with Gasteiger partial charge in [-0.2, -0.15) is 0 Å². The van der Waals surface area contributed by atoms with Gasteiger partial charge in [0.25, 0.3) is 0 Å². The average Bonchev–Trinajstić information content (AvgIpc) is 2.76. The molecule has 7 heteroatoms. The van der Waals surface area contributed by atoms with Crippen molar-refractivity contribution in [2.75, 3.05) is 45.9 Å². The molecule has 2 N–H and O–H groups in total. The number of guanidine groups is 1. The minimum absolute atomic E-state index is 0. The molecule has 1 aliphatic rings. The van der Waals surface area contributed by atoms with E-state index < -0.39 is 0 Å². The molecule has 0 aromatic heterocycles. The molecule has 6 nitrogen and oxygen atoms in total. The van der Waals surface area contributed by atoms with E-state index in [0.29, 0.717) is 25.2 Å². The molecule has 1 aliphatic heterocycles. The SMILES string of the molecule is CCNC(=NCc1ccccc1OCCN(CC)CC)NC1CCN(C(C)C)CC1.I. The highest BCUT2D eigenvalue weighted by Crippen LogP contribution is 2.19. The van der Waals surface area contributed by atoms with Crippen molar-refractivity contribution < 1.29 is 4.74 Å². The first-order valence-corrected chi connectivity index (χ1v) is 11.8. The summed E-state index contributed by atoms with van der Waals surface area (Å²) in [6, 6.07) is 9.37. The summed E-state index contributed by atoms with van der Waals surface area (Å²) in [7, 11) is 0. The molecular formula is C24H44IN5O. The fourth-order valence-electron chi connectivity index (χ4n) is 3.84. The van der Waals surface area contributed by atoms with Crippen molar-refractivity contribution in [1.29, 1.82) is 0 Å². The van der Waals surface area contributed by atoms with Crippen LogP contribution in [0.25, 0.3) is 0 Å². The maximum absolute atomic E-state index is 6.09. The van der Waals surface area contributed by atoms with Crippen LogP contribution in [0.1, 0.15) is 53.0 Å². The summed E-state index contributed by atoms with van der Waals surface area (Å²) < 4.78 is 6.09. The number of benzene rings is 1. The first kappa shape index (κ1) is 28.0. The van der Waals surface area contributed by atoms with E-state index in [4.69, 9.17) is 9.73 Å². The predicted molar refractivity (Wildman–Crippen MR) is 143 cm³/mol. The largest absolute Gasteiger partial charge is 0.492 e. The molecule has 0 radical (unpaired) electrons. The third-order valence-electron chi connectivity index (χ3n) is 5.88. The summed E-state index contributed by atoms with van der Waals surface area (Å²) in [6.07, 6.45) is 2.32. The number of ether oxygens (including phenoxy) is 1. The molecule has 0 atom stereocenters. The topological polar surface area (TPSA) is 52.1 Å². The molecule has 1 heterocycles. The molecule has 31 heavy (non-hydrogen) atoms. The molecule has 0 saturated carbocycles. The monoisotopic (exact) mass is 545 g/mol. The second-order valence-corrected chi connectivity index (χ2v) is 8.23. The van der Waals surface area contributed by atoms with Gasteiger partial charge in [-0.3, -0.25) is 0 Å². The van der Waals surface area contributed by atoms with Gasteiger partial charge in [-0.25, -0.2) is 4.99 Å². The van der Waals surface area contributed by atoms with Gasteiger partial charge in [0.15, 0.2) is 5.96 Å². The molecule has 1 saturated heterocycles. The molecule has 0 unspecified atom stereocenters. The highest BCUT2D eigenvalue weighted by molar-refractivity contribution is 14.0. The number of hydrogen-bond acceptors (Lipinski definition) is 4. The fourth-order valence-corrected chi connectivity index (χ4v) is 3.84. The lowest BCUT2D eigenvalue weighted by Gasteiger charge is -2.35. The first-order chi connectivity index (χ1) is 14.6. The normalized spacial score (nSPS) is 15.8. The first-order valence-electron chi connectivity index (χ1n) is 11.8. The zero-order chi connectivity index (χ0) is 21.8. The standard InChI is InChI=1S/C24H43N5O.HI/c1-6-25-24(27-22-13-15-29(16-14-22)20(4)5)26-19-21-11-9-10-12-23(21)30-18-17-28(7-2)8-3;/h9-12,20,22H,6-8,13-19H2,1-5H3,(H2,25,26,27);1H. The van der Waals surface area contributed by atoms with E-state index >= 15 is 0 Å². The van der Waals surface area contributed by atoms with Gasteiger partial charge in [-0.05, 0) is 52.8 Å². The van der Waals surface area contributed by atoms with Gasteiger partial charge in [0.05, 0.1) is 6.54 Å². The predicted octanol–water partition coefficient (Wildman–Crippen LogP) is 3.95. The van der Waals surface area contributed by atoms with Crippen molar-refractivity contribution in [1.82, 2.24) is 20.4 Å². The Bertz CT molecular complexity index is 628. The van der Waals surface area contributed by atoms with Crippen molar-refractivity contribution in [3.63, 3.8) is 0 Å². The number of para-hydroxylation sites is 1. The Balaban J connectivity index is 0.00000480. The quantitative estimate of drug-likeness (QED) is 0.251. The van der Waals surface area contributed by atoms with E-state index in [1.54, 1.807) is 0 Å². The smallest absolute Gasteiger partial charge is 0.191 e. The highest BCUT2D eigenvalue weighted by atomic mass is 127. The number of nitrogens with zero attached hydrogens (tertiary/aromatic N) is 3. The zero-order valence-corrected chi connectivity index (χ0v) is 22.5. The van der Waals surface area contributed by atoms with Gasteiger partial charge in [0, 0.05) is 43.8 Å². The number of hydrogen-bond donors (Lipinski definition) is 2. The molecule has 1 fully saturated rings. The third-order valence-corrected chi connectivity index (χ3v) is 5.88.